The average Bonchev–Trinajstić information content (AvgIpc) is 3.36. The van der Waals surface area contributed by atoms with Gasteiger partial charge in [0.1, 0.15) is 6.04 Å². The summed E-state index contributed by atoms with van der Waals surface area (Å²) in [6.07, 6.45) is 8.99. The van der Waals surface area contributed by atoms with E-state index >= 15 is 0 Å². The molecule has 1 amide bonds. The molecule has 118 valence electrons. The molecule has 3 rings (SSSR count). The van der Waals surface area contributed by atoms with Crippen LogP contribution in [0.25, 0.3) is 0 Å². The van der Waals surface area contributed by atoms with Gasteiger partial charge in [-0.2, -0.15) is 0 Å². The minimum Gasteiger partial charge on any atom is -0.480 e. The highest BCUT2D eigenvalue weighted by Gasteiger charge is 2.41. The second-order valence-electron chi connectivity index (χ2n) is 6.89. The van der Waals surface area contributed by atoms with Crippen LogP contribution in [0.5, 0.6) is 0 Å². The van der Waals surface area contributed by atoms with Crippen molar-refractivity contribution in [3.8, 4) is 0 Å². The second-order valence-corrected chi connectivity index (χ2v) is 6.89. The van der Waals surface area contributed by atoms with Gasteiger partial charge in [0, 0.05) is 18.1 Å². The highest BCUT2D eigenvalue weighted by molar-refractivity contribution is 5.81. The van der Waals surface area contributed by atoms with E-state index in [4.69, 9.17) is 0 Å². The van der Waals surface area contributed by atoms with Crippen LogP contribution in [0.1, 0.15) is 58.3 Å². The van der Waals surface area contributed by atoms with Crippen molar-refractivity contribution >= 4 is 11.9 Å². The van der Waals surface area contributed by atoms with Gasteiger partial charge in [0.05, 0.1) is 6.54 Å². The van der Waals surface area contributed by atoms with Gasteiger partial charge in [0.15, 0.2) is 0 Å². The lowest BCUT2D eigenvalue weighted by Crippen LogP contribution is -2.50. The predicted octanol–water partition coefficient (Wildman–Crippen LogP) is 1.86. The van der Waals surface area contributed by atoms with Crippen molar-refractivity contribution in [3.63, 3.8) is 0 Å². The first kappa shape index (κ1) is 14.8. The Kier molecular flexibility index (Phi) is 4.20. The van der Waals surface area contributed by atoms with Crippen LogP contribution in [0.15, 0.2) is 0 Å². The summed E-state index contributed by atoms with van der Waals surface area (Å²) < 4.78 is 0. The van der Waals surface area contributed by atoms with Crippen LogP contribution in [0.3, 0.4) is 0 Å². The van der Waals surface area contributed by atoms with Crippen LogP contribution in [0, 0.1) is 0 Å². The first-order valence-electron chi connectivity index (χ1n) is 8.37. The maximum atomic E-state index is 12.8. The number of hydrogen-bond acceptors (Lipinski definition) is 3. The first-order valence-corrected chi connectivity index (χ1v) is 8.37. The number of carbonyl (C=O) groups excluding carboxylic acids is 1. The lowest BCUT2D eigenvalue weighted by Gasteiger charge is -2.33. The number of carbonyl (C=O) groups is 2. The summed E-state index contributed by atoms with van der Waals surface area (Å²) in [6.45, 7) is 1.98. The summed E-state index contributed by atoms with van der Waals surface area (Å²) in [7, 11) is 0. The molecule has 21 heavy (non-hydrogen) atoms. The molecule has 0 spiro atoms. The molecule has 5 heteroatoms. The van der Waals surface area contributed by atoms with Gasteiger partial charge in [-0.15, -0.1) is 0 Å². The molecule has 3 aliphatic rings. The van der Waals surface area contributed by atoms with E-state index in [0.717, 1.165) is 38.5 Å². The van der Waals surface area contributed by atoms with Crippen LogP contribution < -0.4 is 0 Å². The number of aliphatic carboxylic acids is 1. The Morgan fingerprint density at radius 2 is 1.52 bits per heavy atom. The molecule has 0 aromatic rings. The average molecular weight is 294 g/mol. The molecule has 3 aliphatic carbocycles. The zero-order chi connectivity index (χ0) is 15.0. The maximum absolute atomic E-state index is 12.8. The summed E-state index contributed by atoms with van der Waals surface area (Å²) in [5.41, 5.74) is 0. The third-order valence-electron chi connectivity index (χ3n) is 5.13. The molecule has 1 atom stereocenters. The Labute approximate surface area is 126 Å². The quantitative estimate of drug-likeness (QED) is 0.778. The normalized spacial score (nSPS) is 24.3. The van der Waals surface area contributed by atoms with Crippen molar-refractivity contribution in [1.29, 1.82) is 0 Å². The van der Waals surface area contributed by atoms with Crippen LogP contribution in [-0.4, -0.2) is 57.5 Å². The van der Waals surface area contributed by atoms with Crippen molar-refractivity contribution < 1.29 is 14.7 Å². The molecule has 3 fully saturated rings. The Morgan fingerprint density at radius 3 is 2.00 bits per heavy atom. The highest BCUT2D eigenvalue weighted by atomic mass is 16.4. The SMILES string of the molecule is CC(C(=O)O)N(CC(=O)N(C1CCCC1)C1CC1)C1CC1. The number of hydrogen-bond donors (Lipinski definition) is 1. The minimum atomic E-state index is -0.825. The van der Waals surface area contributed by atoms with E-state index in [2.05, 4.69) is 4.90 Å². The monoisotopic (exact) mass is 294 g/mol. The largest absolute Gasteiger partial charge is 0.480 e. The van der Waals surface area contributed by atoms with Gasteiger partial charge in [-0.1, -0.05) is 12.8 Å². The number of carboxylic acids is 1. The van der Waals surface area contributed by atoms with Crippen LogP contribution in [0.2, 0.25) is 0 Å². The Hall–Kier alpha value is -1.10. The van der Waals surface area contributed by atoms with E-state index in [1.54, 1.807) is 6.92 Å². The van der Waals surface area contributed by atoms with E-state index in [-0.39, 0.29) is 12.5 Å². The van der Waals surface area contributed by atoms with Crippen molar-refractivity contribution in [1.82, 2.24) is 9.80 Å². The van der Waals surface area contributed by atoms with Crippen molar-refractivity contribution in [2.75, 3.05) is 6.54 Å². The standard InChI is InChI=1S/C16H26N2O3/c1-11(16(20)21)17(12-6-7-12)10-15(19)18(14-8-9-14)13-4-2-3-5-13/h11-14H,2-10H2,1H3,(H,20,21). The predicted molar refractivity (Wildman–Crippen MR) is 78.9 cm³/mol. The van der Waals surface area contributed by atoms with Gasteiger partial charge < -0.3 is 10.0 Å². The van der Waals surface area contributed by atoms with Gasteiger partial charge in [-0.3, -0.25) is 14.5 Å². The van der Waals surface area contributed by atoms with Crippen LogP contribution in [0.4, 0.5) is 0 Å². The number of carboxylic acid groups (broad SMARTS) is 1. The molecule has 0 aliphatic heterocycles. The Balaban J connectivity index is 1.65. The third kappa shape index (κ3) is 3.39. The molecular weight excluding hydrogens is 268 g/mol. The molecule has 0 aromatic carbocycles. The lowest BCUT2D eigenvalue weighted by molar-refractivity contribution is -0.145. The van der Waals surface area contributed by atoms with E-state index in [9.17, 15) is 14.7 Å². The number of amides is 1. The molecule has 0 saturated heterocycles. The Bertz CT molecular complexity index is 412. The van der Waals surface area contributed by atoms with Crippen LogP contribution in [-0.2, 0) is 9.59 Å². The minimum absolute atomic E-state index is 0.157. The van der Waals surface area contributed by atoms with E-state index in [1.807, 2.05) is 4.90 Å². The summed E-state index contributed by atoms with van der Waals surface area (Å²) in [5, 5.41) is 9.25. The van der Waals surface area contributed by atoms with Crippen molar-refractivity contribution in [2.45, 2.75) is 82.5 Å². The molecule has 0 radical (unpaired) electrons. The van der Waals surface area contributed by atoms with Gasteiger partial charge >= 0.3 is 5.97 Å². The molecule has 5 nitrogen and oxygen atoms in total. The van der Waals surface area contributed by atoms with E-state index < -0.39 is 12.0 Å². The molecule has 0 aromatic heterocycles. The molecule has 1 unspecified atom stereocenters. The third-order valence-corrected chi connectivity index (χ3v) is 5.13. The zero-order valence-electron chi connectivity index (χ0n) is 12.8. The van der Waals surface area contributed by atoms with E-state index in [1.165, 1.54) is 12.8 Å². The summed E-state index contributed by atoms with van der Waals surface area (Å²) in [6, 6.07) is 0.573. The molecule has 0 heterocycles. The van der Waals surface area contributed by atoms with Gasteiger partial charge in [0.25, 0.3) is 0 Å². The van der Waals surface area contributed by atoms with E-state index in [0.29, 0.717) is 18.1 Å². The fourth-order valence-corrected chi connectivity index (χ4v) is 3.61. The molecule has 3 saturated carbocycles. The summed E-state index contributed by atoms with van der Waals surface area (Å²) >= 11 is 0. The summed E-state index contributed by atoms with van der Waals surface area (Å²) in [4.78, 5) is 28.0. The molecular formula is C16H26N2O3. The van der Waals surface area contributed by atoms with Gasteiger partial charge in [-0.25, -0.2) is 0 Å². The highest BCUT2D eigenvalue weighted by Crippen LogP contribution is 2.35. The number of nitrogens with zero attached hydrogens (tertiary/aromatic N) is 2. The number of rotatable bonds is 7. The summed E-state index contributed by atoms with van der Waals surface area (Å²) in [5.74, 6) is -0.669. The topological polar surface area (TPSA) is 60.9 Å². The van der Waals surface area contributed by atoms with Gasteiger partial charge in [0.2, 0.25) is 5.91 Å². The van der Waals surface area contributed by atoms with Gasteiger partial charge in [-0.05, 0) is 45.4 Å². The lowest BCUT2D eigenvalue weighted by atomic mass is 10.2. The molecule has 1 N–H and O–H groups in total. The maximum Gasteiger partial charge on any atom is 0.320 e. The van der Waals surface area contributed by atoms with Crippen molar-refractivity contribution in [3.05, 3.63) is 0 Å². The first-order chi connectivity index (χ1) is 10.1. The smallest absolute Gasteiger partial charge is 0.320 e. The molecule has 0 bridgehead atoms. The van der Waals surface area contributed by atoms with Crippen LogP contribution >= 0.6 is 0 Å². The second kappa shape index (κ2) is 5.95. The Morgan fingerprint density at radius 1 is 1.00 bits per heavy atom. The fourth-order valence-electron chi connectivity index (χ4n) is 3.61. The zero-order valence-corrected chi connectivity index (χ0v) is 12.8. The fraction of sp³-hybridized carbons (Fsp3) is 0.875. The van der Waals surface area contributed by atoms with Crippen molar-refractivity contribution in [2.24, 2.45) is 0 Å².